The molecule has 4 nitrogen and oxygen atoms in total. The van der Waals surface area contributed by atoms with Gasteiger partial charge in [0.1, 0.15) is 11.5 Å². The molecule has 0 radical (unpaired) electrons. The first-order valence-electron chi connectivity index (χ1n) is 5.54. The lowest BCUT2D eigenvalue weighted by Crippen LogP contribution is -2.21. The van der Waals surface area contributed by atoms with Gasteiger partial charge in [-0.3, -0.25) is 0 Å². The molecule has 0 heterocycles. The predicted octanol–water partition coefficient (Wildman–Crippen LogP) is 4.36. The number of anilines is 3. The van der Waals surface area contributed by atoms with Gasteiger partial charge in [0.05, 0.1) is 16.4 Å². The summed E-state index contributed by atoms with van der Waals surface area (Å²) in [6.45, 7) is 0. The summed E-state index contributed by atoms with van der Waals surface area (Å²) in [6, 6.07) is 8.05. The van der Waals surface area contributed by atoms with Gasteiger partial charge in [0, 0.05) is 5.02 Å². The van der Waals surface area contributed by atoms with Gasteiger partial charge in [-0.15, -0.1) is 0 Å². The van der Waals surface area contributed by atoms with Crippen LogP contribution in [0.5, 0.6) is 0 Å². The van der Waals surface area contributed by atoms with Crippen molar-refractivity contribution in [1.29, 1.82) is 0 Å². The first-order chi connectivity index (χ1) is 9.47. The topological polar surface area (TPSA) is 67.1 Å². The van der Waals surface area contributed by atoms with Crippen LogP contribution in [0, 0.1) is 5.82 Å². The largest absolute Gasteiger partial charge is 0.397 e. The molecule has 2 rings (SSSR count). The maximum absolute atomic E-state index is 13.5. The number of benzene rings is 2. The van der Waals surface area contributed by atoms with Crippen molar-refractivity contribution >= 4 is 46.3 Å². The molecule has 0 aliphatic rings. The van der Waals surface area contributed by atoms with Crippen LogP contribution in [0.3, 0.4) is 0 Å². The molecule has 0 spiro atoms. The van der Waals surface area contributed by atoms with E-state index in [1.807, 2.05) is 0 Å². The molecule has 104 valence electrons. The molecule has 0 aliphatic heterocycles. The zero-order chi connectivity index (χ0) is 14.7. The average molecular weight is 314 g/mol. The SMILES string of the molecule is Nc1cccc(F)c1NC(=O)Nc1cc(Cl)ccc1Cl. The van der Waals surface area contributed by atoms with Gasteiger partial charge in [-0.2, -0.15) is 0 Å². The Morgan fingerprint density at radius 1 is 1.15 bits per heavy atom. The molecule has 0 fully saturated rings. The summed E-state index contributed by atoms with van der Waals surface area (Å²) in [7, 11) is 0. The number of para-hydroxylation sites is 1. The minimum absolute atomic E-state index is 0.0943. The second-order valence-corrected chi connectivity index (χ2v) is 4.75. The van der Waals surface area contributed by atoms with Crippen molar-refractivity contribution in [3.8, 4) is 0 Å². The summed E-state index contributed by atoms with van der Waals surface area (Å²) in [5, 5.41) is 5.51. The van der Waals surface area contributed by atoms with E-state index in [0.717, 1.165) is 0 Å². The van der Waals surface area contributed by atoms with Crippen LogP contribution >= 0.6 is 23.2 Å². The summed E-state index contributed by atoms with van der Waals surface area (Å²) in [6.07, 6.45) is 0. The molecule has 0 atom stereocenters. The fourth-order valence-electron chi connectivity index (χ4n) is 1.53. The molecule has 2 amide bonds. The third-order valence-corrected chi connectivity index (χ3v) is 3.03. The van der Waals surface area contributed by atoms with E-state index < -0.39 is 11.8 Å². The van der Waals surface area contributed by atoms with Crippen LogP contribution in [0.2, 0.25) is 10.0 Å². The summed E-state index contributed by atoms with van der Waals surface area (Å²) >= 11 is 11.7. The summed E-state index contributed by atoms with van der Waals surface area (Å²) in [5.41, 5.74) is 5.93. The molecule has 0 bridgehead atoms. The Morgan fingerprint density at radius 3 is 2.60 bits per heavy atom. The molecule has 4 N–H and O–H groups in total. The minimum atomic E-state index is -0.675. The van der Waals surface area contributed by atoms with E-state index in [0.29, 0.717) is 15.7 Å². The van der Waals surface area contributed by atoms with Gasteiger partial charge in [0.25, 0.3) is 0 Å². The van der Waals surface area contributed by atoms with Crippen molar-refractivity contribution in [3.05, 3.63) is 52.3 Å². The zero-order valence-corrected chi connectivity index (χ0v) is 11.6. The maximum Gasteiger partial charge on any atom is 0.323 e. The Kier molecular flexibility index (Phi) is 4.32. The van der Waals surface area contributed by atoms with Gasteiger partial charge in [0.15, 0.2) is 0 Å². The zero-order valence-electron chi connectivity index (χ0n) is 10.1. The molecule has 20 heavy (non-hydrogen) atoms. The molecule has 7 heteroatoms. The van der Waals surface area contributed by atoms with Crippen molar-refractivity contribution in [1.82, 2.24) is 0 Å². The van der Waals surface area contributed by atoms with Gasteiger partial charge in [0.2, 0.25) is 0 Å². The number of nitrogens with two attached hydrogens (primary N) is 1. The fraction of sp³-hybridized carbons (Fsp3) is 0. The predicted molar refractivity (Wildman–Crippen MR) is 79.9 cm³/mol. The molecule has 0 saturated carbocycles. The third-order valence-electron chi connectivity index (χ3n) is 2.46. The van der Waals surface area contributed by atoms with Crippen LogP contribution in [0.15, 0.2) is 36.4 Å². The number of urea groups is 1. The van der Waals surface area contributed by atoms with E-state index in [-0.39, 0.29) is 11.4 Å². The van der Waals surface area contributed by atoms with E-state index in [9.17, 15) is 9.18 Å². The average Bonchev–Trinajstić information content (AvgIpc) is 2.38. The number of rotatable bonds is 2. The fourth-order valence-corrected chi connectivity index (χ4v) is 1.87. The standard InChI is InChI=1S/C13H10Cl2FN3O/c14-7-4-5-8(15)11(6-7)18-13(20)19-12-9(16)2-1-3-10(12)17/h1-6H,17H2,(H2,18,19,20). The number of nitrogens with one attached hydrogen (secondary N) is 2. The highest BCUT2D eigenvalue weighted by Gasteiger charge is 2.11. The highest BCUT2D eigenvalue weighted by molar-refractivity contribution is 6.35. The van der Waals surface area contributed by atoms with Crippen LogP contribution in [-0.4, -0.2) is 6.03 Å². The number of carbonyl (C=O) groups excluding carboxylic acids is 1. The molecule has 0 aliphatic carbocycles. The van der Waals surface area contributed by atoms with Gasteiger partial charge in [-0.05, 0) is 30.3 Å². The van der Waals surface area contributed by atoms with E-state index >= 15 is 0 Å². The Balaban J connectivity index is 2.15. The number of halogens is 3. The Morgan fingerprint density at radius 2 is 1.90 bits per heavy atom. The number of hydrogen-bond acceptors (Lipinski definition) is 2. The van der Waals surface area contributed by atoms with Crippen LogP contribution in [0.1, 0.15) is 0 Å². The molecular formula is C13H10Cl2FN3O. The molecule has 2 aromatic carbocycles. The van der Waals surface area contributed by atoms with Gasteiger partial charge in [-0.1, -0.05) is 29.3 Å². The number of amides is 2. The normalized spacial score (nSPS) is 10.2. The van der Waals surface area contributed by atoms with Gasteiger partial charge < -0.3 is 16.4 Å². The Labute approximate surface area is 124 Å². The number of hydrogen-bond donors (Lipinski definition) is 3. The monoisotopic (exact) mass is 313 g/mol. The smallest absolute Gasteiger partial charge is 0.323 e. The van der Waals surface area contributed by atoms with Crippen LogP contribution in [0.25, 0.3) is 0 Å². The third kappa shape index (κ3) is 3.31. The molecular weight excluding hydrogens is 304 g/mol. The van der Waals surface area contributed by atoms with Crippen LogP contribution < -0.4 is 16.4 Å². The van der Waals surface area contributed by atoms with Gasteiger partial charge >= 0.3 is 6.03 Å². The molecule has 0 aromatic heterocycles. The molecule has 0 saturated heterocycles. The van der Waals surface area contributed by atoms with E-state index in [2.05, 4.69) is 10.6 Å². The van der Waals surface area contributed by atoms with Crippen molar-refractivity contribution in [2.45, 2.75) is 0 Å². The minimum Gasteiger partial charge on any atom is -0.397 e. The number of carbonyl (C=O) groups is 1. The van der Waals surface area contributed by atoms with E-state index in [4.69, 9.17) is 28.9 Å². The summed E-state index contributed by atoms with van der Waals surface area (Å²) in [4.78, 5) is 11.8. The highest BCUT2D eigenvalue weighted by atomic mass is 35.5. The lowest BCUT2D eigenvalue weighted by atomic mass is 10.2. The highest BCUT2D eigenvalue weighted by Crippen LogP contribution is 2.26. The number of nitrogen functional groups attached to an aromatic ring is 1. The molecule has 0 unspecified atom stereocenters. The second-order valence-electron chi connectivity index (χ2n) is 3.91. The van der Waals surface area contributed by atoms with Gasteiger partial charge in [-0.25, -0.2) is 9.18 Å². The Hall–Kier alpha value is -1.98. The first-order valence-corrected chi connectivity index (χ1v) is 6.30. The van der Waals surface area contributed by atoms with E-state index in [1.54, 1.807) is 6.07 Å². The Bertz CT molecular complexity index is 644. The summed E-state index contributed by atoms with van der Waals surface area (Å²) < 4.78 is 13.5. The van der Waals surface area contributed by atoms with Crippen LogP contribution in [-0.2, 0) is 0 Å². The lowest BCUT2D eigenvalue weighted by molar-refractivity contribution is 0.262. The maximum atomic E-state index is 13.5. The van der Waals surface area contributed by atoms with Crippen LogP contribution in [0.4, 0.5) is 26.2 Å². The summed E-state index contributed by atoms with van der Waals surface area (Å²) in [5.74, 6) is -0.627. The van der Waals surface area contributed by atoms with E-state index in [1.165, 1.54) is 30.3 Å². The van der Waals surface area contributed by atoms with Crippen molar-refractivity contribution < 1.29 is 9.18 Å². The van der Waals surface area contributed by atoms with Crippen molar-refractivity contribution in [2.24, 2.45) is 0 Å². The first kappa shape index (κ1) is 14.4. The van der Waals surface area contributed by atoms with Crippen molar-refractivity contribution in [2.75, 3.05) is 16.4 Å². The lowest BCUT2D eigenvalue weighted by Gasteiger charge is -2.11. The second kappa shape index (κ2) is 5.98. The quantitative estimate of drug-likeness (QED) is 0.721. The van der Waals surface area contributed by atoms with Crippen molar-refractivity contribution in [3.63, 3.8) is 0 Å². The molecule has 2 aromatic rings.